The molecule has 1 N–H and O–H groups in total. The molecule has 1 saturated carbocycles. The van der Waals surface area contributed by atoms with Crippen molar-refractivity contribution in [3.8, 4) is 5.75 Å². The first-order chi connectivity index (χ1) is 10.1. The minimum Gasteiger partial charge on any atom is -0.494 e. The van der Waals surface area contributed by atoms with E-state index in [1.807, 2.05) is 0 Å². The third-order valence-corrected chi connectivity index (χ3v) is 4.05. The van der Waals surface area contributed by atoms with Crippen LogP contribution in [-0.4, -0.2) is 19.2 Å². The van der Waals surface area contributed by atoms with Gasteiger partial charge in [0.05, 0.1) is 6.61 Å². The fourth-order valence-electron chi connectivity index (χ4n) is 2.42. The smallest absolute Gasteiger partial charge is 0.119 e. The molecule has 0 aliphatic heterocycles. The molecule has 1 aliphatic rings. The Labute approximate surface area is 130 Å². The summed E-state index contributed by atoms with van der Waals surface area (Å²) in [5.41, 5.74) is 1.53. The number of nitrogens with one attached hydrogen (secondary N) is 1. The number of hydrogen-bond donors (Lipinski definition) is 1. The lowest BCUT2D eigenvalue weighted by Gasteiger charge is -2.19. The van der Waals surface area contributed by atoms with Crippen LogP contribution in [0.1, 0.15) is 64.9 Å². The van der Waals surface area contributed by atoms with E-state index in [4.69, 9.17) is 4.74 Å². The highest BCUT2D eigenvalue weighted by molar-refractivity contribution is 5.32. The van der Waals surface area contributed by atoms with Crippen molar-refractivity contribution in [2.75, 3.05) is 13.2 Å². The molecule has 1 aromatic carbocycles. The molecule has 2 rings (SSSR count). The Balaban J connectivity index is 1.55. The zero-order valence-electron chi connectivity index (χ0n) is 14.0. The maximum absolute atomic E-state index is 5.88. The number of benzene rings is 1. The molecule has 0 bridgehead atoms. The standard InChI is InChI=1S/C19H31NO/c1-19(2,3)16-9-8-10-18(15-16)21-14-7-5-4-6-13-20-17-11-12-17/h8-10,15,17,20H,4-7,11-14H2,1-3H3. The second-order valence-corrected chi connectivity index (χ2v) is 7.27. The summed E-state index contributed by atoms with van der Waals surface area (Å²) in [5, 5.41) is 3.56. The fraction of sp³-hybridized carbons (Fsp3) is 0.684. The Morgan fingerprint density at radius 3 is 2.57 bits per heavy atom. The topological polar surface area (TPSA) is 21.3 Å². The molecular formula is C19H31NO. The Bertz CT molecular complexity index is 418. The van der Waals surface area contributed by atoms with Gasteiger partial charge in [-0.1, -0.05) is 45.7 Å². The maximum Gasteiger partial charge on any atom is 0.119 e. The van der Waals surface area contributed by atoms with Crippen LogP contribution in [0.15, 0.2) is 24.3 Å². The highest BCUT2D eigenvalue weighted by Gasteiger charge is 2.19. The van der Waals surface area contributed by atoms with Gasteiger partial charge in [0.1, 0.15) is 5.75 Å². The van der Waals surface area contributed by atoms with Gasteiger partial charge in [0.25, 0.3) is 0 Å². The van der Waals surface area contributed by atoms with Crippen molar-refractivity contribution in [1.82, 2.24) is 5.32 Å². The van der Waals surface area contributed by atoms with Crippen LogP contribution in [0.4, 0.5) is 0 Å². The van der Waals surface area contributed by atoms with E-state index < -0.39 is 0 Å². The average Bonchev–Trinajstić information content (AvgIpc) is 3.25. The third-order valence-electron chi connectivity index (χ3n) is 4.05. The van der Waals surface area contributed by atoms with Gasteiger partial charge in [0, 0.05) is 6.04 Å². The number of unbranched alkanes of at least 4 members (excludes halogenated alkanes) is 3. The largest absolute Gasteiger partial charge is 0.494 e. The van der Waals surface area contributed by atoms with Crippen molar-refractivity contribution >= 4 is 0 Å². The predicted octanol–water partition coefficient (Wildman–Crippen LogP) is 4.68. The second kappa shape index (κ2) is 7.84. The molecule has 0 atom stereocenters. The molecule has 0 saturated heterocycles. The molecule has 0 heterocycles. The van der Waals surface area contributed by atoms with E-state index in [-0.39, 0.29) is 5.41 Å². The predicted molar refractivity (Wildman–Crippen MR) is 90.1 cm³/mol. The molecule has 0 unspecified atom stereocenters. The summed E-state index contributed by atoms with van der Waals surface area (Å²) in [5.74, 6) is 1.01. The van der Waals surface area contributed by atoms with E-state index in [1.54, 1.807) is 0 Å². The normalized spacial score (nSPS) is 15.2. The molecule has 1 aliphatic carbocycles. The van der Waals surface area contributed by atoms with Crippen molar-refractivity contribution in [1.29, 1.82) is 0 Å². The molecule has 0 amide bonds. The summed E-state index contributed by atoms with van der Waals surface area (Å²) < 4.78 is 5.88. The van der Waals surface area contributed by atoms with E-state index in [9.17, 15) is 0 Å². The van der Waals surface area contributed by atoms with Gasteiger partial charge in [-0.15, -0.1) is 0 Å². The van der Waals surface area contributed by atoms with Gasteiger partial charge in [0.15, 0.2) is 0 Å². The lowest BCUT2D eigenvalue weighted by atomic mass is 9.87. The zero-order valence-corrected chi connectivity index (χ0v) is 14.0. The van der Waals surface area contributed by atoms with E-state index in [2.05, 4.69) is 50.4 Å². The maximum atomic E-state index is 5.88. The molecule has 2 nitrogen and oxygen atoms in total. The zero-order chi connectivity index (χ0) is 15.1. The Hall–Kier alpha value is -1.02. The summed E-state index contributed by atoms with van der Waals surface area (Å²) in [4.78, 5) is 0. The third kappa shape index (κ3) is 6.52. The summed E-state index contributed by atoms with van der Waals surface area (Å²) in [6.07, 6.45) is 7.82. The minimum absolute atomic E-state index is 0.188. The molecule has 1 fully saturated rings. The summed E-state index contributed by atoms with van der Waals surface area (Å²) in [7, 11) is 0. The molecule has 2 heteroatoms. The summed E-state index contributed by atoms with van der Waals surface area (Å²) >= 11 is 0. The molecule has 21 heavy (non-hydrogen) atoms. The van der Waals surface area contributed by atoms with Gasteiger partial charge in [0.2, 0.25) is 0 Å². The molecule has 118 valence electrons. The first kappa shape index (κ1) is 16.4. The van der Waals surface area contributed by atoms with Crippen LogP contribution in [0.3, 0.4) is 0 Å². The fourth-order valence-corrected chi connectivity index (χ4v) is 2.42. The van der Waals surface area contributed by atoms with Crippen molar-refractivity contribution in [2.45, 2.75) is 70.8 Å². The monoisotopic (exact) mass is 289 g/mol. The lowest BCUT2D eigenvalue weighted by molar-refractivity contribution is 0.303. The van der Waals surface area contributed by atoms with Crippen molar-refractivity contribution < 1.29 is 4.74 Å². The highest BCUT2D eigenvalue weighted by atomic mass is 16.5. The first-order valence-electron chi connectivity index (χ1n) is 8.52. The molecule has 0 spiro atoms. The number of ether oxygens (including phenoxy) is 1. The van der Waals surface area contributed by atoms with E-state index in [1.165, 1.54) is 44.2 Å². The second-order valence-electron chi connectivity index (χ2n) is 7.27. The molecule has 0 radical (unpaired) electrons. The summed E-state index contributed by atoms with van der Waals surface area (Å²) in [6.45, 7) is 8.74. The quantitative estimate of drug-likeness (QED) is 0.667. The SMILES string of the molecule is CC(C)(C)c1cccc(OCCCCCCNC2CC2)c1. The summed E-state index contributed by atoms with van der Waals surface area (Å²) in [6, 6.07) is 9.37. The average molecular weight is 289 g/mol. The highest BCUT2D eigenvalue weighted by Crippen LogP contribution is 2.25. The van der Waals surface area contributed by atoms with Crippen LogP contribution in [-0.2, 0) is 5.41 Å². The van der Waals surface area contributed by atoms with Crippen LogP contribution < -0.4 is 10.1 Å². The van der Waals surface area contributed by atoms with Crippen molar-refractivity contribution in [3.63, 3.8) is 0 Å². The molecular weight excluding hydrogens is 258 g/mol. The Morgan fingerprint density at radius 1 is 1.10 bits per heavy atom. The van der Waals surface area contributed by atoms with Crippen molar-refractivity contribution in [3.05, 3.63) is 29.8 Å². The van der Waals surface area contributed by atoms with Gasteiger partial charge < -0.3 is 10.1 Å². The van der Waals surface area contributed by atoms with Crippen LogP contribution in [0, 0.1) is 0 Å². The van der Waals surface area contributed by atoms with Crippen LogP contribution in [0.5, 0.6) is 5.75 Å². The van der Waals surface area contributed by atoms with Crippen LogP contribution >= 0.6 is 0 Å². The molecule has 0 aromatic heterocycles. The van der Waals surface area contributed by atoms with Crippen LogP contribution in [0.25, 0.3) is 0 Å². The van der Waals surface area contributed by atoms with Gasteiger partial charge in [-0.25, -0.2) is 0 Å². The Morgan fingerprint density at radius 2 is 1.86 bits per heavy atom. The van der Waals surface area contributed by atoms with Gasteiger partial charge in [-0.3, -0.25) is 0 Å². The van der Waals surface area contributed by atoms with E-state index in [0.29, 0.717) is 0 Å². The Kier molecular flexibility index (Phi) is 6.10. The van der Waals surface area contributed by atoms with Crippen LogP contribution in [0.2, 0.25) is 0 Å². The minimum atomic E-state index is 0.188. The van der Waals surface area contributed by atoms with Gasteiger partial charge in [-0.05, 0) is 55.3 Å². The number of rotatable bonds is 9. The van der Waals surface area contributed by atoms with E-state index >= 15 is 0 Å². The lowest BCUT2D eigenvalue weighted by Crippen LogP contribution is -2.17. The van der Waals surface area contributed by atoms with Gasteiger partial charge >= 0.3 is 0 Å². The first-order valence-corrected chi connectivity index (χ1v) is 8.52. The van der Waals surface area contributed by atoms with Gasteiger partial charge in [-0.2, -0.15) is 0 Å². The van der Waals surface area contributed by atoms with E-state index in [0.717, 1.165) is 24.8 Å². The molecule has 1 aromatic rings. The van der Waals surface area contributed by atoms with Crippen molar-refractivity contribution in [2.24, 2.45) is 0 Å². The number of hydrogen-bond acceptors (Lipinski definition) is 2.